The van der Waals surface area contributed by atoms with Gasteiger partial charge in [0.15, 0.2) is 0 Å². The molecule has 0 atom stereocenters. The van der Waals surface area contributed by atoms with Crippen LogP contribution in [0.15, 0.2) is 60.7 Å². The summed E-state index contributed by atoms with van der Waals surface area (Å²) in [7, 11) is 0. The summed E-state index contributed by atoms with van der Waals surface area (Å²) in [4.78, 5) is 28.0. The molecule has 0 aliphatic rings. The first-order chi connectivity index (χ1) is 14.9. The van der Waals surface area contributed by atoms with Crippen molar-refractivity contribution in [2.75, 3.05) is 0 Å². The van der Waals surface area contributed by atoms with E-state index < -0.39 is 5.97 Å². The topological polar surface area (TPSA) is 79.3 Å². The van der Waals surface area contributed by atoms with E-state index >= 15 is 0 Å². The molecule has 5 nitrogen and oxygen atoms in total. The van der Waals surface area contributed by atoms with Gasteiger partial charge in [-0.1, -0.05) is 36.4 Å². The number of rotatable bonds is 6. The lowest BCUT2D eigenvalue weighted by Gasteiger charge is -2.05. The molecule has 0 saturated heterocycles. The van der Waals surface area contributed by atoms with Crippen LogP contribution in [0.1, 0.15) is 32.1 Å². The summed E-state index contributed by atoms with van der Waals surface area (Å²) in [5, 5.41) is 12.7. The van der Waals surface area contributed by atoms with E-state index in [0.717, 1.165) is 26.4 Å². The van der Waals surface area contributed by atoms with Crippen LogP contribution in [-0.4, -0.2) is 22.0 Å². The Morgan fingerprint density at radius 1 is 0.968 bits per heavy atom. The third kappa shape index (κ3) is 4.81. The molecule has 1 amide bonds. The number of amides is 1. The van der Waals surface area contributed by atoms with Gasteiger partial charge in [0.25, 0.3) is 0 Å². The van der Waals surface area contributed by atoms with Crippen molar-refractivity contribution >= 4 is 33.4 Å². The number of nitrogens with one attached hydrogen (secondary N) is 1. The second-order valence-corrected chi connectivity index (χ2v) is 8.66. The minimum Gasteiger partial charge on any atom is -0.478 e. The zero-order valence-corrected chi connectivity index (χ0v) is 18.1. The fraction of sp³-hybridized carbons (Fsp3) is 0.160. The number of aromatic carboxylic acids is 1. The number of carbonyl (C=O) groups excluding carboxylic acids is 1. The number of nitrogens with zero attached hydrogens (tertiary/aromatic N) is 1. The molecule has 4 aromatic rings. The highest BCUT2D eigenvalue weighted by Crippen LogP contribution is 2.29. The molecule has 0 unspecified atom stereocenters. The molecule has 1 heterocycles. The Bertz CT molecular complexity index is 1290. The first-order valence-corrected chi connectivity index (χ1v) is 10.8. The van der Waals surface area contributed by atoms with E-state index in [1.165, 1.54) is 34.1 Å². The third-order valence-electron chi connectivity index (χ3n) is 5.25. The molecule has 3 aromatic carbocycles. The number of hydrogen-bond donors (Lipinski definition) is 2. The molecule has 6 heteroatoms. The van der Waals surface area contributed by atoms with Gasteiger partial charge in [0.1, 0.15) is 5.01 Å². The minimum atomic E-state index is -0.984. The average molecular weight is 431 g/mol. The van der Waals surface area contributed by atoms with Crippen LogP contribution >= 0.6 is 11.3 Å². The Balaban J connectivity index is 1.45. The van der Waals surface area contributed by atoms with Crippen molar-refractivity contribution in [3.05, 3.63) is 87.9 Å². The summed E-state index contributed by atoms with van der Waals surface area (Å²) in [6, 6.07) is 19.2. The predicted octanol–water partition coefficient (Wildman–Crippen LogP) is 5.14. The highest BCUT2D eigenvalue weighted by atomic mass is 32.1. The van der Waals surface area contributed by atoms with Gasteiger partial charge >= 0.3 is 5.97 Å². The first kappa shape index (κ1) is 20.8. The van der Waals surface area contributed by atoms with Crippen molar-refractivity contribution in [1.29, 1.82) is 0 Å². The molecule has 0 radical (unpaired) electrons. The number of hydrogen-bond acceptors (Lipinski definition) is 4. The van der Waals surface area contributed by atoms with Crippen LogP contribution in [-0.2, 0) is 17.8 Å². The molecular formula is C25H22N2O3S. The number of aryl methyl sites for hydroxylation is 2. The van der Waals surface area contributed by atoms with E-state index in [2.05, 4.69) is 54.5 Å². The number of thiazole rings is 1. The van der Waals surface area contributed by atoms with Crippen molar-refractivity contribution in [3.8, 4) is 11.1 Å². The zero-order valence-electron chi connectivity index (χ0n) is 17.3. The summed E-state index contributed by atoms with van der Waals surface area (Å²) >= 11 is 1.52. The molecule has 0 fully saturated rings. The van der Waals surface area contributed by atoms with Gasteiger partial charge in [0.2, 0.25) is 5.91 Å². The molecular weight excluding hydrogens is 408 g/mol. The largest absolute Gasteiger partial charge is 0.478 e. The summed E-state index contributed by atoms with van der Waals surface area (Å²) in [6.07, 6.45) is 0.191. The van der Waals surface area contributed by atoms with Crippen molar-refractivity contribution in [2.45, 2.75) is 26.8 Å². The molecule has 0 bridgehead atoms. The standard InChI is InChI=1S/C25H22N2O3S/c1-15-6-7-18(10-16(15)2)19-8-9-21-22(12-19)31-24(27-21)13-23(28)26-14-17-4-3-5-20(11-17)25(29)30/h3-12H,13-14H2,1-2H3,(H,26,28)(H,29,30). The molecule has 1 aromatic heterocycles. The molecule has 4 rings (SSSR count). The van der Waals surface area contributed by atoms with Gasteiger partial charge in [0, 0.05) is 6.54 Å². The second-order valence-electron chi connectivity index (χ2n) is 7.55. The summed E-state index contributed by atoms with van der Waals surface area (Å²) in [5.41, 5.74) is 6.66. The average Bonchev–Trinajstić information content (AvgIpc) is 3.15. The maximum atomic E-state index is 12.4. The number of carboxylic acid groups (broad SMARTS) is 1. The second kappa shape index (κ2) is 8.70. The minimum absolute atomic E-state index is 0.144. The van der Waals surface area contributed by atoms with Crippen molar-refractivity contribution < 1.29 is 14.7 Å². The summed E-state index contributed by atoms with van der Waals surface area (Å²) < 4.78 is 1.05. The number of carbonyl (C=O) groups is 2. The van der Waals surface area contributed by atoms with E-state index in [4.69, 9.17) is 5.11 Å². The van der Waals surface area contributed by atoms with Crippen molar-refractivity contribution in [2.24, 2.45) is 0 Å². The Morgan fingerprint density at radius 2 is 1.74 bits per heavy atom. The van der Waals surface area contributed by atoms with Crippen molar-refractivity contribution in [3.63, 3.8) is 0 Å². The summed E-state index contributed by atoms with van der Waals surface area (Å²) in [5.74, 6) is -1.13. The van der Waals surface area contributed by atoms with Gasteiger partial charge in [-0.05, 0) is 65.9 Å². The zero-order chi connectivity index (χ0) is 22.0. The highest BCUT2D eigenvalue weighted by molar-refractivity contribution is 7.18. The third-order valence-corrected chi connectivity index (χ3v) is 6.27. The lowest BCUT2D eigenvalue weighted by molar-refractivity contribution is -0.120. The van der Waals surface area contributed by atoms with Crippen LogP contribution in [0.4, 0.5) is 0 Å². The lowest BCUT2D eigenvalue weighted by Crippen LogP contribution is -2.24. The van der Waals surface area contributed by atoms with Gasteiger partial charge in [-0.3, -0.25) is 4.79 Å². The predicted molar refractivity (Wildman–Crippen MR) is 123 cm³/mol. The normalized spacial score (nSPS) is 10.9. The van der Waals surface area contributed by atoms with E-state index in [9.17, 15) is 9.59 Å². The number of fused-ring (bicyclic) bond motifs is 1. The number of carboxylic acids is 1. The number of benzene rings is 3. The van der Waals surface area contributed by atoms with Gasteiger partial charge < -0.3 is 10.4 Å². The SMILES string of the molecule is Cc1ccc(-c2ccc3nc(CC(=O)NCc4cccc(C(=O)O)c4)sc3c2)cc1C. The van der Waals surface area contributed by atoms with Crippen LogP contribution in [0, 0.1) is 13.8 Å². The highest BCUT2D eigenvalue weighted by Gasteiger charge is 2.11. The Morgan fingerprint density at radius 3 is 2.52 bits per heavy atom. The van der Waals surface area contributed by atoms with Crippen LogP contribution in [0.25, 0.3) is 21.3 Å². The van der Waals surface area contributed by atoms with Crippen molar-refractivity contribution in [1.82, 2.24) is 10.3 Å². The lowest BCUT2D eigenvalue weighted by atomic mass is 10.0. The fourth-order valence-electron chi connectivity index (χ4n) is 3.36. The quantitative estimate of drug-likeness (QED) is 0.444. The van der Waals surface area contributed by atoms with Gasteiger partial charge in [-0.15, -0.1) is 11.3 Å². The Kier molecular flexibility index (Phi) is 5.82. The smallest absolute Gasteiger partial charge is 0.335 e. The van der Waals surface area contributed by atoms with E-state index in [0.29, 0.717) is 0 Å². The first-order valence-electron chi connectivity index (χ1n) is 9.95. The molecule has 0 aliphatic heterocycles. The maximum absolute atomic E-state index is 12.4. The fourth-order valence-corrected chi connectivity index (χ4v) is 4.37. The summed E-state index contributed by atoms with van der Waals surface area (Å²) in [6.45, 7) is 4.49. The molecule has 156 valence electrons. The van der Waals surface area contributed by atoms with Crippen LogP contribution < -0.4 is 5.32 Å². The van der Waals surface area contributed by atoms with Gasteiger partial charge in [0.05, 0.1) is 22.2 Å². The molecule has 31 heavy (non-hydrogen) atoms. The molecule has 0 saturated carbocycles. The number of aromatic nitrogens is 1. The Hall–Kier alpha value is -3.51. The maximum Gasteiger partial charge on any atom is 0.335 e. The molecule has 0 spiro atoms. The van der Waals surface area contributed by atoms with Gasteiger partial charge in [-0.25, -0.2) is 9.78 Å². The van der Waals surface area contributed by atoms with Gasteiger partial charge in [-0.2, -0.15) is 0 Å². The molecule has 0 aliphatic carbocycles. The van der Waals surface area contributed by atoms with Crippen LogP contribution in [0.3, 0.4) is 0 Å². The molecule has 2 N–H and O–H groups in total. The monoisotopic (exact) mass is 430 g/mol. The van der Waals surface area contributed by atoms with E-state index in [-0.39, 0.29) is 24.4 Å². The van der Waals surface area contributed by atoms with Crippen LogP contribution in [0.5, 0.6) is 0 Å². The van der Waals surface area contributed by atoms with E-state index in [1.807, 2.05) is 6.07 Å². The Labute approximate surface area is 184 Å². The van der Waals surface area contributed by atoms with Crippen LogP contribution in [0.2, 0.25) is 0 Å². The van der Waals surface area contributed by atoms with E-state index in [1.54, 1.807) is 18.2 Å².